The molecule has 29 heavy (non-hydrogen) atoms. The Morgan fingerprint density at radius 1 is 0.448 bits per heavy atom. The van der Waals surface area contributed by atoms with Crippen LogP contribution >= 0.6 is 0 Å². The standard InChI is InChI=1S/C29H28/c1-4-29(27-17-13-25(14-18-27)23-9-5-21(2)6-10-23)28-19-15-26(16-20-28)24-11-7-22(3)8-12-24/h5-20,29H,4H2,1-3H3. The van der Waals surface area contributed by atoms with Gasteiger partial charge in [0, 0.05) is 5.92 Å². The molecule has 0 atom stereocenters. The molecule has 0 bridgehead atoms. The minimum atomic E-state index is 0.425. The van der Waals surface area contributed by atoms with Gasteiger partial charge in [-0.25, -0.2) is 0 Å². The van der Waals surface area contributed by atoms with E-state index in [2.05, 4.69) is 118 Å². The molecule has 0 unspecified atom stereocenters. The van der Waals surface area contributed by atoms with Crippen LogP contribution in [0.5, 0.6) is 0 Å². The summed E-state index contributed by atoms with van der Waals surface area (Å²) < 4.78 is 0. The molecule has 0 fully saturated rings. The van der Waals surface area contributed by atoms with Crippen LogP contribution in [0.3, 0.4) is 0 Å². The van der Waals surface area contributed by atoms with Crippen LogP contribution in [0.25, 0.3) is 22.3 Å². The van der Waals surface area contributed by atoms with E-state index in [9.17, 15) is 0 Å². The molecule has 0 saturated heterocycles. The van der Waals surface area contributed by atoms with Gasteiger partial charge in [-0.05, 0) is 53.6 Å². The summed E-state index contributed by atoms with van der Waals surface area (Å²) in [7, 11) is 0. The highest BCUT2D eigenvalue weighted by atomic mass is 14.2. The van der Waals surface area contributed by atoms with E-state index in [1.807, 2.05) is 0 Å². The van der Waals surface area contributed by atoms with Crippen molar-refractivity contribution in [3.63, 3.8) is 0 Å². The molecule has 4 aromatic carbocycles. The Labute approximate surface area is 174 Å². The van der Waals surface area contributed by atoms with Crippen molar-refractivity contribution in [2.45, 2.75) is 33.1 Å². The van der Waals surface area contributed by atoms with Gasteiger partial charge in [0.1, 0.15) is 0 Å². The van der Waals surface area contributed by atoms with E-state index < -0.39 is 0 Å². The monoisotopic (exact) mass is 376 g/mol. The van der Waals surface area contributed by atoms with Crippen LogP contribution in [0.2, 0.25) is 0 Å². The molecule has 0 aliphatic rings. The summed E-state index contributed by atoms with van der Waals surface area (Å²) in [5, 5.41) is 0. The van der Waals surface area contributed by atoms with Gasteiger partial charge in [-0.15, -0.1) is 0 Å². The molecule has 0 N–H and O–H groups in total. The second-order valence-electron chi connectivity index (χ2n) is 7.94. The third-order valence-electron chi connectivity index (χ3n) is 5.80. The second-order valence-corrected chi connectivity index (χ2v) is 7.94. The highest BCUT2D eigenvalue weighted by molar-refractivity contribution is 5.65. The fourth-order valence-electron chi connectivity index (χ4n) is 3.97. The zero-order chi connectivity index (χ0) is 20.2. The van der Waals surface area contributed by atoms with E-state index in [1.165, 1.54) is 44.5 Å². The van der Waals surface area contributed by atoms with Gasteiger partial charge in [0.15, 0.2) is 0 Å². The third-order valence-corrected chi connectivity index (χ3v) is 5.80. The van der Waals surface area contributed by atoms with E-state index in [4.69, 9.17) is 0 Å². The Balaban J connectivity index is 1.56. The topological polar surface area (TPSA) is 0 Å². The van der Waals surface area contributed by atoms with Crippen LogP contribution in [-0.2, 0) is 0 Å². The molecule has 0 aliphatic heterocycles. The van der Waals surface area contributed by atoms with Gasteiger partial charge >= 0.3 is 0 Å². The molecule has 0 amide bonds. The van der Waals surface area contributed by atoms with E-state index in [0.717, 1.165) is 6.42 Å². The maximum absolute atomic E-state index is 2.29. The summed E-state index contributed by atoms with van der Waals surface area (Å²) in [5.74, 6) is 0.425. The molecule has 0 nitrogen and oxygen atoms in total. The highest BCUT2D eigenvalue weighted by Crippen LogP contribution is 2.31. The lowest BCUT2D eigenvalue weighted by Crippen LogP contribution is -1.99. The van der Waals surface area contributed by atoms with E-state index in [0.29, 0.717) is 5.92 Å². The van der Waals surface area contributed by atoms with Crippen molar-refractivity contribution in [1.29, 1.82) is 0 Å². The van der Waals surface area contributed by atoms with Gasteiger partial charge in [0.2, 0.25) is 0 Å². The Morgan fingerprint density at radius 3 is 1.00 bits per heavy atom. The fourth-order valence-corrected chi connectivity index (χ4v) is 3.97. The average Bonchev–Trinajstić information content (AvgIpc) is 2.76. The van der Waals surface area contributed by atoms with Gasteiger partial charge in [-0.2, -0.15) is 0 Å². The van der Waals surface area contributed by atoms with Gasteiger partial charge in [-0.3, -0.25) is 0 Å². The quantitative estimate of drug-likeness (QED) is 0.329. The van der Waals surface area contributed by atoms with E-state index in [1.54, 1.807) is 0 Å². The molecule has 0 saturated carbocycles. The number of hydrogen-bond acceptors (Lipinski definition) is 0. The molecule has 4 rings (SSSR count). The zero-order valence-corrected chi connectivity index (χ0v) is 17.5. The first-order valence-electron chi connectivity index (χ1n) is 10.5. The summed E-state index contributed by atoms with van der Waals surface area (Å²) >= 11 is 0. The van der Waals surface area contributed by atoms with Gasteiger partial charge in [0.25, 0.3) is 0 Å². The maximum Gasteiger partial charge on any atom is 0.00867 e. The van der Waals surface area contributed by atoms with Crippen molar-refractivity contribution in [2.75, 3.05) is 0 Å². The van der Waals surface area contributed by atoms with Crippen LogP contribution in [0, 0.1) is 13.8 Å². The van der Waals surface area contributed by atoms with Crippen molar-refractivity contribution in [2.24, 2.45) is 0 Å². The van der Waals surface area contributed by atoms with Crippen LogP contribution in [0.1, 0.15) is 41.5 Å². The van der Waals surface area contributed by atoms with Crippen molar-refractivity contribution >= 4 is 0 Å². The fraction of sp³-hybridized carbons (Fsp3) is 0.172. The lowest BCUT2D eigenvalue weighted by molar-refractivity contribution is 0.777. The number of rotatable bonds is 5. The summed E-state index contributed by atoms with van der Waals surface area (Å²) in [6.07, 6.45) is 1.09. The average molecular weight is 377 g/mol. The van der Waals surface area contributed by atoms with Gasteiger partial charge < -0.3 is 0 Å². The van der Waals surface area contributed by atoms with Crippen molar-refractivity contribution in [3.8, 4) is 22.3 Å². The normalized spacial score (nSPS) is 11.0. The molecule has 0 aliphatic carbocycles. The Bertz CT molecular complexity index is 962. The number of benzene rings is 4. The van der Waals surface area contributed by atoms with Crippen LogP contribution in [-0.4, -0.2) is 0 Å². The lowest BCUT2D eigenvalue weighted by atomic mass is 9.87. The van der Waals surface area contributed by atoms with Crippen LogP contribution < -0.4 is 0 Å². The SMILES string of the molecule is CCC(c1ccc(-c2ccc(C)cc2)cc1)c1ccc(-c2ccc(C)cc2)cc1. The molecular weight excluding hydrogens is 348 g/mol. The molecule has 0 radical (unpaired) electrons. The van der Waals surface area contributed by atoms with Crippen LogP contribution in [0.4, 0.5) is 0 Å². The first-order valence-corrected chi connectivity index (χ1v) is 10.5. The largest absolute Gasteiger partial charge is 0.0645 e. The summed E-state index contributed by atoms with van der Waals surface area (Å²) in [4.78, 5) is 0. The molecule has 144 valence electrons. The third kappa shape index (κ3) is 4.32. The van der Waals surface area contributed by atoms with Crippen molar-refractivity contribution in [1.82, 2.24) is 0 Å². The Morgan fingerprint density at radius 2 is 0.724 bits per heavy atom. The lowest BCUT2D eigenvalue weighted by Gasteiger charge is -2.17. The smallest absolute Gasteiger partial charge is 0.00867 e. The Kier molecular flexibility index (Phi) is 5.62. The maximum atomic E-state index is 2.29. The van der Waals surface area contributed by atoms with Crippen molar-refractivity contribution in [3.05, 3.63) is 119 Å². The minimum absolute atomic E-state index is 0.425. The first-order chi connectivity index (χ1) is 14.1. The molecule has 0 heteroatoms. The number of hydrogen-bond donors (Lipinski definition) is 0. The van der Waals surface area contributed by atoms with Crippen molar-refractivity contribution < 1.29 is 0 Å². The molecule has 4 aromatic rings. The minimum Gasteiger partial charge on any atom is -0.0645 e. The molecular formula is C29H28. The number of aryl methyl sites for hydroxylation is 2. The zero-order valence-electron chi connectivity index (χ0n) is 17.5. The van der Waals surface area contributed by atoms with E-state index >= 15 is 0 Å². The van der Waals surface area contributed by atoms with Gasteiger partial charge in [-0.1, -0.05) is 115 Å². The predicted molar refractivity (Wildman–Crippen MR) is 125 cm³/mol. The predicted octanol–water partition coefficient (Wildman–Crippen LogP) is 8.18. The summed E-state index contributed by atoms with van der Waals surface area (Å²) in [6, 6.07) is 35.7. The highest BCUT2D eigenvalue weighted by Gasteiger charge is 2.12. The summed E-state index contributed by atoms with van der Waals surface area (Å²) in [5.41, 5.74) is 10.5. The Hall–Kier alpha value is -3.12. The summed E-state index contributed by atoms with van der Waals surface area (Å²) in [6.45, 7) is 6.53. The molecule has 0 aromatic heterocycles. The van der Waals surface area contributed by atoms with Gasteiger partial charge in [0.05, 0.1) is 0 Å². The second kappa shape index (κ2) is 8.49. The van der Waals surface area contributed by atoms with Crippen LogP contribution in [0.15, 0.2) is 97.1 Å². The van der Waals surface area contributed by atoms with E-state index in [-0.39, 0.29) is 0 Å². The molecule has 0 heterocycles. The molecule has 0 spiro atoms. The first kappa shape index (κ1) is 19.2.